The highest BCUT2D eigenvalue weighted by molar-refractivity contribution is 5.74. The van der Waals surface area contributed by atoms with Crippen LogP contribution in [-0.2, 0) is 4.79 Å². The summed E-state index contributed by atoms with van der Waals surface area (Å²) in [5.74, 6) is -0.0446. The van der Waals surface area contributed by atoms with Gasteiger partial charge < -0.3 is 5.32 Å². The SMILES string of the molecule is C=C(CC)NC(C)=O. The van der Waals surface area contributed by atoms with Crippen LogP contribution < -0.4 is 5.32 Å². The quantitative estimate of drug-likeness (QED) is 0.569. The molecule has 0 unspecified atom stereocenters. The molecule has 0 aliphatic rings. The summed E-state index contributed by atoms with van der Waals surface area (Å²) in [6.07, 6.45) is 0.805. The molecule has 0 heterocycles. The van der Waals surface area contributed by atoms with Gasteiger partial charge in [0.1, 0.15) is 0 Å². The van der Waals surface area contributed by atoms with Crippen LogP contribution in [0.15, 0.2) is 12.3 Å². The van der Waals surface area contributed by atoms with Crippen molar-refractivity contribution in [1.82, 2.24) is 5.32 Å². The Kier molecular flexibility index (Phi) is 2.92. The molecule has 0 aromatic carbocycles. The van der Waals surface area contributed by atoms with Gasteiger partial charge >= 0.3 is 0 Å². The highest BCUT2D eigenvalue weighted by atomic mass is 16.1. The Morgan fingerprint density at radius 3 is 2.38 bits per heavy atom. The van der Waals surface area contributed by atoms with Gasteiger partial charge in [-0.25, -0.2) is 0 Å². The molecule has 2 nitrogen and oxygen atoms in total. The maximum Gasteiger partial charge on any atom is 0.220 e. The number of allylic oxidation sites excluding steroid dienone is 1. The van der Waals surface area contributed by atoms with Crippen LogP contribution in [-0.4, -0.2) is 5.91 Å². The van der Waals surface area contributed by atoms with Crippen LogP contribution in [0.4, 0.5) is 0 Å². The second kappa shape index (κ2) is 3.24. The highest BCUT2D eigenvalue weighted by Gasteiger charge is 1.89. The van der Waals surface area contributed by atoms with Crippen molar-refractivity contribution in [2.75, 3.05) is 0 Å². The van der Waals surface area contributed by atoms with Crippen molar-refractivity contribution in [1.29, 1.82) is 0 Å². The second-order valence-corrected chi connectivity index (χ2v) is 1.64. The van der Waals surface area contributed by atoms with E-state index in [2.05, 4.69) is 11.9 Å². The lowest BCUT2D eigenvalue weighted by Crippen LogP contribution is -2.17. The van der Waals surface area contributed by atoms with Gasteiger partial charge in [-0.2, -0.15) is 0 Å². The normalized spacial score (nSPS) is 8.25. The average Bonchev–Trinajstić information content (AvgIpc) is 1.65. The van der Waals surface area contributed by atoms with Gasteiger partial charge in [-0.3, -0.25) is 4.79 Å². The van der Waals surface area contributed by atoms with E-state index in [0.29, 0.717) is 0 Å². The lowest BCUT2D eigenvalue weighted by molar-refractivity contribution is -0.118. The van der Waals surface area contributed by atoms with Crippen molar-refractivity contribution in [2.45, 2.75) is 20.3 Å². The minimum atomic E-state index is -0.0446. The van der Waals surface area contributed by atoms with E-state index in [1.165, 1.54) is 6.92 Å². The van der Waals surface area contributed by atoms with Crippen LogP contribution in [0.2, 0.25) is 0 Å². The fourth-order valence-corrected chi connectivity index (χ4v) is 0.337. The van der Waals surface area contributed by atoms with E-state index in [0.717, 1.165) is 12.1 Å². The molecular weight excluding hydrogens is 102 g/mol. The van der Waals surface area contributed by atoms with Crippen molar-refractivity contribution in [3.63, 3.8) is 0 Å². The number of carbonyl (C=O) groups is 1. The zero-order valence-corrected chi connectivity index (χ0v) is 5.32. The molecule has 0 radical (unpaired) electrons. The number of hydrogen-bond donors (Lipinski definition) is 1. The van der Waals surface area contributed by atoms with Gasteiger partial charge in [-0.15, -0.1) is 0 Å². The Morgan fingerprint density at radius 2 is 2.25 bits per heavy atom. The van der Waals surface area contributed by atoms with Gasteiger partial charge in [0.05, 0.1) is 0 Å². The van der Waals surface area contributed by atoms with E-state index < -0.39 is 0 Å². The summed E-state index contributed by atoms with van der Waals surface area (Å²) in [6, 6.07) is 0. The van der Waals surface area contributed by atoms with E-state index in [4.69, 9.17) is 0 Å². The molecule has 0 aromatic rings. The monoisotopic (exact) mass is 113 g/mol. The van der Waals surface area contributed by atoms with Gasteiger partial charge in [0.15, 0.2) is 0 Å². The Morgan fingerprint density at radius 1 is 1.75 bits per heavy atom. The van der Waals surface area contributed by atoms with E-state index in [1.807, 2.05) is 6.92 Å². The Hall–Kier alpha value is -0.790. The van der Waals surface area contributed by atoms with E-state index in [-0.39, 0.29) is 5.91 Å². The van der Waals surface area contributed by atoms with Crippen molar-refractivity contribution >= 4 is 5.91 Å². The molecule has 0 spiro atoms. The number of nitrogens with one attached hydrogen (secondary N) is 1. The first-order valence-corrected chi connectivity index (χ1v) is 2.62. The smallest absolute Gasteiger partial charge is 0.220 e. The molecule has 2 heteroatoms. The topological polar surface area (TPSA) is 29.1 Å². The molecule has 1 N–H and O–H groups in total. The molecule has 46 valence electrons. The molecule has 0 saturated heterocycles. The molecule has 0 atom stereocenters. The van der Waals surface area contributed by atoms with Crippen molar-refractivity contribution in [3.8, 4) is 0 Å². The van der Waals surface area contributed by atoms with Crippen molar-refractivity contribution in [3.05, 3.63) is 12.3 Å². The van der Waals surface area contributed by atoms with Crippen LogP contribution in [0.25, 0.3) is 0 Å². The minimum Gasteiger partial charge on any atom is -0.331 e. The largest absolute Gasteiger partial charge is 0.331 e. The molecule has 0 aromatic heterocycles. The summed E-state index contributed by atoms with van der Waals surface area (Å²) in [5, 5.41) is 2.56. The average molecular weight is 113 g/mol. The van der Waals surface area contributed by atoms with Crippen LogP contribution >= 0.6 is 0 Å². The summed E-state index contributed by atoms with van der Waals surface area (Å²) in [4.78, 5) is 10.2. The summed E-state index contributed by atoms with van der Waals surface area (Å²) in [6.45, 7) is 7.00. The zero-order chi connectivity index (χ0) is 6.57. The lowest BCUT2D eigenvalue weighted by Gasteiger charge is -1.99. The molecule has 0 bridgehead atoms. The van der Waals surface area contributed by atoms with Crippen molar-refractivity contribution < 1.29 is 4.79 Å². The predicted molar refractivity (Wildman–Crippen MR) is 33.2 cm³/mol. The number of carbonyl (C=O) groups excluding carboxylic acids is 1. The Labute approximate surface area is 49.6 Å². The van der Waals surface area contributed by atoms with E-state index in [1.54, 1.807) is 0 Å². The van der Waals surface area contributed by atoms with Crippen LogP contribution in [0.3, 0.4) is 0 Å². The standard InChI is InChI=1S/C6H11NO/c1-4-5(2)7-6(3)8/h2,4H2,1,3H3,(H,7,8). The molecule has 0 saturated carbocycles. The van der Waals surface area contributed by atoms with Gasteiger partial charge in [-0.05, 0) is 6.42 Å². The Balaban J connectivity index is 3.40. The Bertz CT molecular complexity index is 107. The fourth-order valence-electron chi connectivity index (χ4n) is 0.337. The lowest BCUT2D eigenvalue weighted by atomic mass is 10.4. The summed E-state index contributed by atoms with van der Waals surface area (Å²) in [5.41, 5.74) is 0.775. The van der Waals surface area contributed by atoms with Crippen LogP contribution in [0.5, 0.6) is 0 Å². The molecule has 0 rings (SSSR count). The molecular formula is C6H11NO. The van der Waals surface area contributed by atoms with Crippen LogP contribution in [0.1, 0.15) is 20.3 Å². The van der Waals surface area contributed by atoms with Gasteiger partial charge in [0.25, 0.3) is 0 Å². The zero-order valence-electron chi connectivity index (χ0n) is 5.32. The highest BCUT2D eigenvalue weighted by Crippen LogP contribution is 1.87. The first-order chi connectivity index (χ1) is 3.66. The van der Waals surface area contributed by atoms with Gasteiger partial charge in [0.2, 0.25) is 5.91 Å². The third kappa shape index (κ3) is 3.40. The second-order valence-electron chi connectivity index (χ2n) is 1.64. The maximum absolute atomic E-state index is 10.2. The predicted octanol–water partition coefficient (Wildman–Crippen LogP) is 1.05. The van der Waals surface area contributed by atoms with Gasteiger partial charge in [0, 0.05) is 12.6 Å². The fraction of sp³-hybridized carbons (Fsp3) is 0.500. The maximum atomic E-state index is 10.2. The molecule has 0 aliphatic heterocycles. The first kappa shape index (κ1) is 7.21. The third-order valence-electron chi connectivity index (χ3n) is 0.780. The number of hydrogen-bond acceptors (Lipinski definition) is 1. The molecule has 0 aliphatic carbocycles. The summed E-state index contributed by atoms with van der Waals surface area (Å²) in [7, 11) is 0. The van der Waals surface area contributed by atoms with Crippen LogP contribution in [0, 0.1) is 0 Å². The third-order valence-corrected chi connectivity index (χ3v) is 0.780. The molecule has 1 amide bonds. The first-order valence-electron chi connectivity index (χ1n) is 2.62. The van der Waals surface area contributed by atoms with E-state index >= 15 is 0 Å². The summed E-state index contributed by atoms with van der Waals surface area (Å²) >= 11 is 0. The van der Waals surface area contributed by atoms with Gasteiger partial charge in [-0.1, -0.05) is 13.5 Å². The van der Waals surface area contributed by atoms with Crippen molar-refractivity contribution in [2.24, 2.45) is 0 Å². The number of rotatable bonds is 2. The number of amides is 1. The minimum absolute atomic E-state index is 0.0446. The summed E-state index contributed by atoms with van der Waals surface area (Å²) < 4.78 is 0. The molecule has 8 heavy (non-hydrogen) atoms. The van der Waals surface area contributed by atoms with E-state index in [9.17, 15) is 4.79 Å². The molecule has 0 fully saturated rings.